The number of benzene rings is 1. The first-order chi connectivity index (χ1) is 5.29. The second-order valence-corrected chi connectivity index (χ2v) is 2.38. The molecule has 0 saturated heterocycles. The lowest BCUT2D eigenvalue weighted by molar-refractivity contribution is 0.0173. The molecule has 1 radical (unpaired) electrons. The number of hydrogen-bond acceptors (Lipinski definition) is 3. The minimum atomic E-state index is -0.980. The number of fused-ring (bicyclic) bond motifs is 1. The van der Waals surface area contributed by atoms with Gasteiger partial charge in [-0.05, 0) is 6.07 Å². The van der Waals surface area contributed by atoms with Crippen LogP contribution < -0.4 is 4.74 Å². The van der Waals surface area contributed by atoms with Gasteiger partial charge in [-0.2, -0.15) is 0 Å². The van der Waals surface area contributed by atoms with E-state index in [2.05, 4.69) is 0 Å². The first-order valence-corrected chi connectivity index (χ1v) is 3.29. The number of hydrogen-bond donors (Lipinski definition) is 2. The molecular weight excluding hydrogens is 144 g/mol. The molecule has 57 valence electrons. The molecule has 2 N–H and O–H groups in total. The lowest BCUT2D eigenvalue weighted by Gasteiger charge is -2.01. The molecule has 1 unspecified atom stereocenters. The zero-order valence-electron chi connectivity index (χ0n) is 5.69. The highest BCUT2D eigenvalue weighted by atomic mass is 16.6. The predicted octanol–water partition coefficient (Wildman–Crippen LogP) is 0.974. The minimum absolute atomic E-state index is 0.341. The third-order valence-electron chi connectivity index (χ3n) is 1.66. The SMILES string of the molecule is O[C]1Oc2ccccc2C1O. The minimum Gasteiger partial charge on any atom is -0.452 e. The van der Waals surface area contributed by atoms with E-state index in [1.807, 2.05) is 0 Å². The van der Waals surface area contributed by atoms with Crippen LogP contribution >= 0.6 is 0 Å². The van der Waals surface area contributed by atoms with E-state index in [0.717, 1.165) is 0 Å². The fourth-order valence-corrected chi connectivity index (χ4v) is 1.10. The predicted molar refractivity (Wildman–Crippen MR) is 37.2 cm³/mol. The first-order valence-electron chi connectivity index (χ1n) is 3.29. The molecule has 0 fully saturated rings. The quantitative estimate of drug-likeness (QED) is 0.581. The standard InChI is InChI=1S/C8H7O3/c9-7-5-3-1-2-4-6(5)11-8(7)10/h1-4,7,9-10H. The third-order valence-corrected chi connectivity index (χ3v) is 1.66. The van der Waals surface area contributed by atoms with E-state index in [9.17, 15) is 5.11 Å². The summed E-state index contributed by atoms with van der Waals surface area (Å²) >= 11 is 0. The van der Waals surface area contributed by atoms with Crippen molar-refractivity contribution in [1.82, 2.24) is 0 Å². The van der Waals surface area contributed by atoms with E-state index < -0.39 is 6.10 Å². The molecule has 0 bridgehead atoms. The van der Waals surface area contributed by atoms with Crippen molar-refractivity contribution < 1.29 is 14.9 Å². The van der Waals surface area contributed by atoms with Crippen LogP contribution in [0, 0.1) is 6.29 Å². The van der Waals surface area contributed by atoms with Crippen molar-refractivity contribution in [2.75, 3.05) is 0 Å². The van der Waals surface area contributed by atoms with Gasteiger partial charge in [0, 0.05) is 5.56 Å². The summed E-state index contributed by atoms with van der Waals surface area (Å²) in [5, 5.41) is 18.2. The Bertz CT molecular complexity index is 272. The maximum Gasteiger partial charge on any atom is 0.308 e. The largest absolute Gasteiger partial charge is 0.452 e. The van der Waals surface area contributed by atoms with Gasteiger partial charge in [-0.3, -0.25) is 0 Å². The molecule has 2 rings (SSSR count). The molecule has 1 aliphatic rings. The summed E-state index contributed by atoms with van der Waals surface area (Å²) < 4.78 is 4.84. The van der Waals surface area contributed by atoms with Crippen LogP contribution in [0.2, 0.25) is 0 Å². The summed E-state index contributed by atoms with van der Waals surface area (Å²) in [6.45, 7) is 0. The Hall–Kier alpha value is -1.06. The number of aliphatic hydroxyl groups excluding tert-OH is 2. The highest BCUT2D eigenvalue weighted by Crippen LogP contribution is 2.38. The maximum absolute atomic E-state index is 9.24. The van der Waals surface area contributed by atoms with E-state index in [-0.39, 0.29) is 6.29 Å². The second kappa shape index (κ2) is 2.22. The van der Waals surface area contributed by atoms with E-state index in [4.69, 9.17) is 9.84 Å². The lowest BCUT2D eigenvalue weighted by Crippen LogP contribution is -2.06. The molecule has 1 heterocycles. The van der Waals surface area contributed by atoms with Crippen molar-refractivity contribution in [1.29, 1.82) is 0 Å². The van der Waals surface area contributed by atoms with Gasteiger partial charge in [0.15, 0.2) is 6.10 Å². The van der Waals surface area contributed by atoms with Crippen molar-refractivity contribution in [3.63, 3.8) is 0 Å². The van der Waals surface area contributed by atoms with E-state index in [1.165, 1.54) is 0 Å². The van der Waals surface area contributed by atoms with Crippen LogP contribution in [-0.4, -0.2) is 10.2 Å². The van der Waals surface area contributed by atoms with Crippen LogP contribution in [0.4, 0.5) is 0 Å². The summed E-state index contributed by atoms with van der Waals surface area (Å²) in [6, 6.07) is 6.97. The molecule has 1 aromatic carbocycles. The number of ether oxygens (including phenoxy) is 1. The molecule has 3 nitrogen and oxygen atoms in total. The smallest absolute Gasteiger partial charge is 0.308 e. The summed E-state index contributed by atoms with van der Waals surface area (Å²) in [5.74, 6) is 0.525. The molecule has 11 heavy (non-hydrogen) atoms. The molecule has 0 aliphatic carbocycles. The third kappa shape index (κ3) is 0.895. The molecule has 1 aliphatic heterocycles. The summed E-state index contributed by atoms with van der Waals surface area (Å²) in [5.41, 5.74) is 0.616. The van der Waals surface area contributed by atoms with E-state index >= 15 is 0 Å². The van der Waals surface area contributed by atoms with Crippen LogP contribution in [0.25, 0.3) is 0 Å². The van der Waals surface area contributed by atoms with Crippen LogP contribution in [0.3, 0.4) is 0 Å². The fourth-order valence-electron chi connectivity index (χ4n) is 1.10. The van der Waals surface area contributed by atoms with Crippen molar-refractivity contribution in [3.8, 4) is 5.75 Å². The van der Waals surface area contributed by atoms with Gasteiger partial charge in [0.2, 0.25) is 0 Å². The lowest BCUT2D eigenvalue weighted by atomic mass is 10.1. The molecule has 0 aromatic heterocycles. The van der Waals surface area contributed by atoms with Gasteiger partial charge in [-0.1, -0.05) is 18.2 Å². The first kappa shape index (κ1) is 6.64. The van der Waals surface area contributed by atoms with Gasteiger partial charge < -0.3 is 14.9 Å². The molecule has 0 spiro atoms. The van der Waals surface area contributed by atoms with Gasteiger partial charge in [0.25, 0.3) is 0 Å². The van der Waals surface area contributed by atoms with E-state index in [1.54, 1.807) is 24.3 Å². The zero-order chi connectivity index (χ0) is 7.84. The Morgan fingerprint density at radius 3 is 2.73 bits per heavy atom. The normalized spacial score (nSPS) is 22.9. The molecule has 0 amide bonds. The number of para-hydroxylation sites is 1. The van der Waals surface area contributed by atoms with Crippen LogP contribution in [-0.2, 0) is 0 Å². The zero-order valence-corrected chi connectivity index (χ0v) is 5.69. The maximum atomic E-state index is 9.24. The van der Waals surface area contributed by atoms with Gasteiger partial charge in [-0.25, -0.2) is 0 Å². The topological polar surface area (TPSA) is 49.7 Å². The van der Waals surface area contributed by atoms with Gasteiger partial charge in [-0.15, -0.1) is 0 Å². The van der Waals surface area contributed by atoms with Crippen LogP contribution in [0.15, 0.2) is 24.3 Å². The Balaban J connectivity index is 2.47. The number of aliphatic hydroxyl groups is 2. The Morgan fingerprint density at radius 1 is 1.27 bits per heavy atom. The molecule has 1 aromatic rings. The molecule has 3 heteroatoms. The summed E-state index contributed by atoms with van der Waals surface area (Å²) in [6.07, 6.45) is -1.32. The highest BCUT2D eigenvalue weighted by molar-refractivity contribution is 5.40. The van der Waals surface area contributed by atoms with Gasteiger partial charge >= 0.3 is 6.29 Å². The van der Waals surface area contributed by atoms with Crippen LogP contribution in [0.5, 0.6) is 5.75 Å². The van der Waals surface area contributed by atoms with Gasteiger partial charge in [0.1, 0.15) is 5.75 Å². The molecular formula is C8H7O3. The highest BCUT2D eigenvalue weighted by Gasteiger charge is 2.32. The average Bonchev–Trinajstić information content (AvgIpc) is 2.30. The Labute approximate surface area is 63.9 Å². The van der Waals surface area contributed by atoms with Crippen molar-refractivity contribution in [2.45, 2.75) is 6.10 Å². The number of rotatable bonds is 0. The van der Waals surface area contributed by atoms with Crippen molar-refractivity contribution in [3.05, 3.63) is 36.1 Å². The van der Waals surface area contributed by atoms with Gasteiger partial charge in [0.05, 0.1) is 0 Å². The van der Waals surface area contributed by atoms with Crippen molar-refractivity contribution in [2.24, 2.45) is 0 Å². The van der Waals surface area contributed by atoms with E-state index in [0.29, 0.717) is 11.3 Å². The van der Waals surface area contributed by atoms with Crippen LogP contribution in [0.1, 0.15) is 11.7 Å². The summed E-state index contributed by atoms with van der Waals surface area (Å²) in [4.78, 5) is 0. The monoisotopic (exact) mass is 151 g/mol. The molecule has 1 atom stereocenters. The average molecular weight is 151 g/mol. The molecule has 0 saturated carbocycles. The fraction of sp³-hybridized carbons (Fsp3) is 0.125. The summed E-state index contributed by atoms with van der Waals surface area (Å²) in [7, 11) is 0. The Kier molecular flexibility index (Phi) is 1.34. The Morgan fingerprint density at radius 2 is 2.00 bits per heavy atom. The van der Waals surface area contributed by atoms with Crippen molar-refractivity contribution >= 4 is 0 Å². The second-order valence-electron chi connectivity index (χ2n) is 2.38.